The van der Waals surface area contributed by atoms with Crippen molar-refractivity contribution in [2.24, 2.45) is 11.1 Å². The van der Waals surface area contributed by atoms with Crippen molar-refractivity contribution < 1.29 is 4.79 Å². The zero-order valence-corrected chi connectivity index (χ0v) is 12.9. The predicted molar refractivity (Wildman–Crippen MR) is 80.8 cm³/mol. The molecular formula is C15H21BrN2O. The Hall–Kier alpha value is -0.870. The van der Waals surface area contributed by atoms with Crippen LogP contribution in [0.25, 0.3) is 0 Å². The number of nitrogens with two attached hydrogens (primary N) is 1. The molecule has 1 fully saturated rings. The molecular weight excluding hydrogens is 304 g/mol. The molecule has 0 radical (unpaired) electrons. The third kappa shape index (κ3) is 3.18. The minimum atomic E-state index is -0.258. The van der Waals surface area contributed by atoms with Crippen LogP contribution < -0.4 is 5.73 Å². The molecule has 0 atom stereocenters. The maximum absolute atomic E-state index is 12.4. The van der Waals surface area contributed by atoms with E-state index >= 15 is 0 Å². The molecule has 1 saturated carbocycles. The first-order chi connectivity index (χ1) is 9.07. The Morgan fingerprint density at radius 2 is 2.21 bits per heavy atom. The van der Waals surface area contributed by atoms with E-state index in [2.05, 4.69) is 28.1 Å². The van der Waals surface area contributed by atoms with Crippen LogP contribution in [0.1, 0.15) is 24.8 Å². The van der Waals surface area contributed by atoms with Gasteiger partial charge in [0.25, 0.3) is 0 Å². The van der Waals surface area contributed by atoms with Gasteiger partial charge in [-0.05, 0) is 37.0 Å². The lowest BCUT2D eigenvalue weighted by molar-refractivity contribution is -0.145. The Balaban J connectivity index is 1.91. The minimum Gasteiger partial charge on any atom is -0.345 e. The average Bonchev–Trinajstić information content (AvgIpc) is 2.35. The van der Waals surface area contributed by atoms with E-state index in [-0.39, 0.29) is 11.3 Å². The van der Waals surface area contributed by atoms with Crippen LogP contribution >= 0.6 is 15.9 Å². The lowest BCUT2D eigenvalue weighted by atomic mass is 9.68. The summed E-state index contributed by atoms with van der Waals surface area (Å²) >= 11 is 3.46. The fraction of sp³-hybridized carbons (Fsp3) is 0.533. The van der Waals surface area contributed by atoms with E-state index in [1.807, 2.05) is 24.1 Å². The van der Waals surface area contributed by atoms with Gasteiger partial charge in [-0.1, -0.05) is 34.5 Å². The number of halogens is 1. The smallest absolute Gasteiger partial charge is 0.229 e. The third-order valence-corrected chi connectivity index (χ3v) is 4.62. The van der Waals surface area contributed by atoms with Gasteiger partial charge in [0.1, 0.15) is 0 Å². The summed E-state index contributed by atoms with van der Waals surface area (Å²) in [6.07, 6.45) is 3.90. The van der Waals surface area contributed by atoms with Gasteiger partial charge in [-0.2, -0.15) is 0 Å². The maximum atomic E-state index is 12.4. The van der Waals surface area contributed by atoms with E-state index in [4.69, 9.17) is 5.73 Å². The number of carbonyl (C=O) groups excluding carboxylic acids is 1. The van der Waals surface area contributed by atoms with Crippen molar-refractivity contribution in [3.8, 4) is 0 Å². The largest absolute Gasteiger partial charge is 0.345 e. The Morgan fingerprint density at radius 1 is 1.47 bits per heavy atom. The fourth-order valence-electron chi connectivity index (χ4n) is 2.60. The number of rotatable bonds is 5. The van der Waals surface area contributed by atoms with Gasteiger partial charge in [0, 0.05) is 24.6 Å². The molecule has 0 aliphatic heterocycles. The molecule has 1 amide bonds. The van der Waals surface area contributed by atoms with Crippen molar-refractivity contribution in [1.29, 1.82) is 0 Å². The highest BCUT2D eigenvalue weighted by Crippen LogP contribution is 2.41. The Morgan fingerprint density at radius 3 is 2.74 bits per heavy atom. The van der Waals surface area contributed by atoms with Crippen molar-refractivity contribution >= 4 is 21.8 Å². The van der Waals surface area contributed by atoms with Crippen LogP contribution in [-0.2, 0) is 11.2 Å². The Bertz CT molecular complexity index is 452. The van der Waals surface area contributed by atoms with Gasteiger partial charge < -0.3 is 10.6 Å². The molecule has 0 saturated heterocycles. The van der Waals surface area contributed by atoms with Crippen LogP contribution in [-0.4, -0.2) is 30.9 Å². The van der Waals surface area contributed by atoms with E-state index in [1.165, 1.54) is 5.56 Å². The molecule has 3 nitrogen and oxygen atoms in total. The highest BCUT2D eigenvalue weighted by molar-refractivity contribution is 9.10. The number of nitrogens with zero attached hydrogens (tertiary/aromatic N) is 1. The standard InChI is InChI=1S/C15H21BrN2O/c1-18(14(19)15(11-17)7-3-8-15)9-6-12-4-2-5-13(16)10-12/h2,4-5,10H,3,6-9,11,17H2,1H3. The molecule has 2 rings (SSSR count). The summed E-state index contributed by atoms with van der Waals surface area (Å²) in [5.74, 6) is 0.219. The minimum absolute atomic E-state index is 0.219. The van der Waals surface area contributed by atoms with E-state index in [1.54, 1.807) is 0 Å². The summed E-state index contributed by atoms with van der Waals surface area (Å²) in [7, 11) is 1.88. The summed E-state index contributed by atoms with van der Waals surface area (Å²) in [6.45, 7) is 1.23. The molecule has 4 heteroatoms. The van der Waals surface area contributed by atoms with Crippen LogP contribution in [0.4, 0.5) is 0 Å². The number of hydrogen-bond acceptors (Lipinski definition) is 2. The van der Waals surface area contributed by atoms with Gasteiger partial charge in [-0.25, -0.2) is 0 Å². The van der Waals surface area contributed by atoms with E-state index in [0.29, 0.717) is 6.54 Å². The molecule has 19 heavy (non-hydrogen) atoms. The quantitative estimate of drug-likeness (QED) is 0.904. The molecule has 0 heterocycles. The van der Waals surface area contributed by atoms with Gasteiger partial charge >= 0.3 is 0 Å². The monoisotopic (exact) mass is 324 g/mol. The van der Waals surface area contributed by atoms with E-state index in [0.717, 1.165) is 36.7 Å². The van der Waals surface area contributed by atoms with Crippen molar-refractivity contribution in [2.75, 3.05) is 20.1 Å². The van der Waals surface area contributed by atoms with E-state index < -0.39 is 0 Å². The number of carbonyl (C=O) groups is 1. The van der Waals surface area contributed by atoms with Crippen molar-refractivity contribution in [3.63, 3.8) is 0 Å². The Labute approximate surface area is 123 Å². The third-order valence-electron chi connectivity index (χ3n) is 4.13. The lowest BCUT2D eigenvalue weighted by Gasteiger charge is -2.41. The Kier molecular flexibility index (Phi) is 4.63. The van der Waals surface area contributed by atoms with Gasteiger partial charge in [-0.15, -0.1) is 0 Å². The molecule has 2 N–H and O–H groups in total. The van der Waals surface area contributed by atoms with Crippen LogP contribution in [0, 0.1) is 5.41 Å². The molecule has 0 bridgehead atoms. The van der Waals surface area contributed by atoms with Crippen molar-refractivity contribution in [3.05, 3.63) is 34.3 Å². The van der Waals surface area contributed by atoms with Gasteiger partial charge in [0.05, 0.1) is 5.41 Å². The van der Waals surface area contributed by atoms with Gasteiger partial charge in [0.2, 0.25) is 5.91 Å². The predicted octanol–water partition coefficient (Wildman–Crippen LogP) is 2.58. The van der Waals surface area contributed by atoms with Crippen LogP contribution in [0.5, 0.6) is 0 Å². The zero-order chi connectivity index (χ0) is 13.9. The first-order valence-corrected chi connectivity index (χ1v) is 7.57. The van der Waals surface area contributed by atoms with E-state index in [9.17, 15) is 4.79 Å². The number of amides is 1. The van der Waals surface area contributed by atoms with Gasteiger partial charge in [-0.3, -0.25) is 4.79 Å². The zero-order valence-electron chi connectivity index (χ0n) is 11.4. The molecule has 104 valence electrons. The van der Waals surface area contributed by atoms with Crippen LogP contribution in [0.2, 0.25) is 0 Å². The highest BCUT2D eigenvalue weighted by Gasteiger charge is 2.44. The second kappa shape index (κ2) is 6.06. The van der Waals surface area contributed by atoms with Crippen LogP contribution in [0.3, 0.4) is 0 Å². The normalized spacial score (nSPS) is 16.8. The molecule has 0 unspecified atom stereocenters. The number of benzene rings is 1. The number of hydrogen-bond donors (Lipinski definition) is 1. The first kappa shape index (κ1) is 14.5. The topological polar surface area (TPSA) is 46.3 Å². The summed E-state index contributed by atoms with van der Waals surface area (Å²) in [5.41, 5.74) is 6.76. The van der Waals surface area contributed by atoms with Crippen molar-refractivity contribution in [2.45, 2.75) is 25.7 Å². The lowest BCUT2D eigenvalue weighted by Crippen LogP contribution is -2.51. The summed E-state index contributed by atoms with van der Waals surface area (Å²) in [4.78, 5) is 14.2. The highest BCUT2D eigenvalue weighted by atomic mass is 79.9. The molecule has 0 aromatic heterocycles. The molecule has 1 aliphatic carbocycles. The molecule has 0 spiro atoms. The molecule has 1 aromatic carbocycles. The average molecular weight is 325 g/mol. The second-order valence-electron chi connectivity index (χ2n) is 5.44. The second-order valence-corrected chi connectivity index (χ2v) is 6.36. The SMILES string of the molecule is CN(CCc1cccc(Br)c1)C(=O)C1(CN)CCC1. The molecule has 1 aliphatic rings. The fourth-order valence-corrected chi connectivity index (χ4v) is 3.05. The van der Waals surface area contributed by atoms with Crippen molar-refractivity contribution in [1.82, 2.24) is 4.90 Å². The first-order valence-electron chi connectivity index (χ1n) is 6.77. The number of likely N-dealkylation sites (N-methyl/N-ethyl adjacent to an activating group) is 1. The summed E-state index contributed by atoms with van der Waals surface area (Å²) in [6, 6.07) is 8.22. The maximum Gasteiger partial charge on any atom is 0.229 e. The summed E-state index contributed by atoms with van der Waals surface area (Å²) in [5, 5.41) is 0. The van der Waals surface area contributed by atoms with Gasteiger partial charge in [0.15, 0.2) is 0 Å². The molecule has 1 aromatic rings. The van der Waals surface area contributed by atoms with Crippen LogP contribution in [0.15, 0.2) is 28.7 Å². The summed E-state index contributed by atoms with van der Waals surface area (Å²) < 4.78 is 1.08.